The van der Waals surface area contributed by atoms with Gasteiger partial charge in [0.15, 0.2) is 0 Å². The molecule has 0 saturated heterocycles. The molecule has 1 N–H and O–H groups in total. The van der Waals surface area contributed by atoms with Crippen molar-refractivity contribution in [2.24, 2.45) is 5.92 Å². The molecule has 1 saturated carbocycles. The number of aliphatic hydroxyl groups is 1. The van der Waals surface area contributed by atoms with Crippen molar-refractivity contribution < 1.29 is 19.3 Å². The van der Waals surface area contributed by atoms with E-state index in [2.05, 4.69) is 18.4 Å². The predicted octanol–water partition coefficient (Wildman–Crippen LogP) is 5.01. The van der Waals surface area contributed by atoms with Crippen LogP contribution in [0.1, 0.15) is 31.0 Å². The number of aromatic nitrogens is 2. The predicted molar refractivity (Wildman–Crippen MR) is 141 cm³/mol. The highest BCUT2D eigenvalue weighted by molar-refractivity contribution is 5.44. The highest BCUT2D eigenvalue weighted by Crippen LogP contribution is 2.35. The molecule has 1 fully saturated rings. The van der Waals surface area contributed by atoms with Crippen LogP contribution in [0.2, 0.25) is 0 Å². The summed E-state index contributed by atoms with van der Waals surface area (Å²) < 4.78 is 19.3. The van der Waals surface area contributed by atoms with Gasteiger partial charge in [-0.05, 0) is 49.4 Å². The average molecular weight is 492 g/mol. The highest BCUT2D eigenvalue weighted by atomic mass is 16.5. The van der Waals surface area contributed by atoms with E-state index in [1.807, 2.05) is 59.3 Å². The largest absolute Gasteiger partial charge is 0.497 e. The molecular formula is C29H37N3O4. The highest BCUT2D eigenvalue weighted by Gasteiger charge is 2.28. The Hall–Kier alpha value is -3.13. The third-order valence-electron chi connectivity index (χ3n) is 6.22. The Morgan fingerprint density at radius 1 is 1.17 bits per heavy atom. The van der Waals surface area contributed by atoms with Crippen LogP contribution in [0.3, 0.4) is 0 Å². The lowest BCUT2D eigenvalue weighted by molar-refractivity contribution is 0.0235. The lowest BCUT2D eigenvalue weighted by atomic mass is 10.1. The first-order valence-corrected chi connectivity index (χ1v) is 12.7. The smallest absolute Gasteiger partial charge is 0.227 e. The number of para-hydroxylation sites is 1. The number of hydrogen-bond donors (Lipinski definition) is 1. The first kappa shape index (κ1) is 25.9. The summed E-state index contributed by atoms with van der Waals surface area (Å²) in [6, 6.07) is 17.6. The lowest BCUT2D eigenvalue weighted by Crippen LogP contribution is -2.36. The fraction of sp³-hybridized carbons (Fsp3) is 0.414. The Morgan fingerprint density at radius 3 is 2.64 bits per heavy atom. The van der Waals surface area contributed by atoms with Crippen LogP contribution in [0.25, 0.3) is 5.69 Å². The van der Waals surface area contributed by atoms with Crippen molar-refractivity contribution in [2.45, 2.75) is 38.8 Å². The molecule has 192 valence electrons. The summed E-state index contributed by atoms with van der Waals surface area (Å²) in [6.07, 6.45) is 4.35. The minimum atomic E-state index is -0.583. The minimum Gasteiger partial charge on any atom is -0.497 e. The topological polar surface area (TPSA) is 69.0 Å². The summed E-state index contributed by atoms with van der Waals surface area (Å²) in [5, 5.41) is 15.6. The molecule has 0 radical (unpaired) electrons. The molecule has 0 spiro atoms. The fourth-order valence-corrected chi connectivity index (χ4v) is 4.28. The summed E-state index contributed by atoms with van der Waals surface area (Å²) in [7, 11) is 1.65. The van der Waals surface area contributed by atoms with Crippen LogP contribution in [-0.2, 0) is 17.7 Å². The van der Waals surface area contributed by atoms with Crippen molar-refractivity contribution in [1.29, 1.82) is 0 Å². The molecule has 2 aromatic carbocycles. The second-order valence-corrected chi connectivity index (χ2v) is 9.23. The van der Waals surface area contributed by atoms with Gasteiger partial charge in [-0.1, -0.05) is 37.3 Å². The van der Waals surface area contributed by atoms with Crippen LogP contribution in [0, 0.1) is 5.92 Å². The quantitative estimate of drug-likeness (QED) is 0.238. The van der Waals surface area contributed by atoms with Crippen molar-refractivity contribution in [3.63, 3.8) is 0 Å². The number of aryl methyl sites for hydroxylation is 1. The Kier molecular flexibility index (Phi) is 9.17. The van der Waals surface area contributed by atoms with E-state index in [4.69, 9.17) is 19.3 Å². The molecule has 0 bridgehead atoms. The summed E-state index contributed by atoms with van der Waals surface area (Å²) in [4.78, 5) is 2.31. The van der Waals surface area contributed by atoms with Crippen molar-refractivity contribution in [3.8, 4) is 23.1 Å². The normalized spacial score (nSPS) is 14.1. The average Bonchev–Trinajstić information content (AvgIpc) is 3.65. The van der Waals surface area contributed by atoms with Gasteiger partial charge in [-0.3, -0.25) is 4.90 Å². The van der Waals surface area contributed by atoms with Gasteiger partial charge in [0.25, 0.3) is 0 Å². The maximum absolute atomic E-state index is 10.7. The monoisotopic (exact) mass is 491 g/mol. The Balaban J connectivity index is 1.67. The van der Waals surface area contributed by atoms with E-state index in [0.29, 0.717) is 37.2 Å². The van der Waals surface area contributed by atoms with Gasteiger partial charge in [0, 0.05) is 25.7 Å². The van der Waals surface area contributed by atoms with Crippen molar-refractivity contribution in [2.75, 3.05) is 33.4 Å². The number of aliphatic hydroxyl groups excluding tert-OH is 1. The van der Waals surface area contributed by atoms with E-state index in [-0.39, 0.29) is 6.61 Å². The van der Waals surface area contributed by atoms with E-state index >= 15 is 0 Å². The number of nitrogens with zero attached hydrogens (tertiary/aromatic N) is 3. The van der Waals surface area contributed by atoms with Crippen LogP contribution in [-0.4, -0.2) is 59.3 Å². The van der Waals surface area contributed by atoms with Crippen LogP contribution in [0.15, 0.2) is 67.3 Å². The van der Waals surface area contributed by atoms with Gasteiger partial charge >= 0.3 is 0 Å². The van der Waals surface area contributed by atoms with E-state index in [9.17, 15) is 5.11 Å². The molecule has 1 aromatic heterocycles. The minimum absolute atomic E-state index is 0.282. The first-order valence-electron chi connectivity index (χ1n) is 12.7. The zero-order valence-electron chi connectivity index (χ0n) is 21.3. The molecule has 4 rings (SSSR count). The summed E-state index contributed by atoms with van der Waals surface area (Å²) in [5.41, 5.74) is 2.95. The van der Waals surface area contributed by atoms with Gasteiger partial charge in [-0.15, -0.1) is 6.58 Å². The third kappa shape index (κ3) is 6.97. The Bertz CT molecular complexity index is 1110. The van der Waals surface area contributed by atoms with Gasteiger partial charge in [0.2, 0.25) is 5.88 Å². The summed E-state index contributed by atoms with van der Waals surface area (Å²) in [5.74, 6) is 2.77. The van der Waals surface area contributed by atoms with Crippen molar-refractivity contribution >= 4 is 0 Å². The van der Waals surface area contributed by atoms with E-state index in [1.165, 1.54) is 12.8 Å². The van der Waals surface area contributed by atoms with Gasteiger partial charge in [0.05, 0.1) is 43.4 Å². The number of methoxy groups -OCH3 is 1. The lowest BCUT2D eigenvalue weighted by Gasteiger charge is -2.25. The van der Waals surface area contributed by atoms with E-state index in [1.54, 1.807) is 13.2 Å². The van der Waals surface area contributed by atoms with Crippen LogP contribution >= 0.6 is 0 Å². The van der Waals surface area contributed by atoms with Crippen LogP contribution < -0.4 is 9.47 Å². The van der Waals surface area contributed by atoms with Crippen LogP contribution in [0.4, 0.5) is 0 Å². The molecule has 0 aliphatic heterocycles. The molecule has 3 aromatic rings. The second-order valence-electron chi connectivity index (χ2n) is 9.23. The Labute approximate surface area is 213 Å². The van der Waals surface area contributed by atoms with Crippen LogP contribution in [0.5, 0.6) is 17.4 Å². The molecule has 1 heterocycles. The molecule has 1 atom stereocenters. The Morgan fingerprint density at radius 2 is 1.94 bits per heavy atom. The maximum atomic E-state index is 10.7. The fourth-order valence-electron chi connectivity index (χ4n) is 4.28. The first-order chi connectivity index (χ1) is 17.6. The number of ether oxygens (including phenoxy) is 3. The van der Waals surface area contributed by atoms with E-state index in [0.717, 1.165) is 35.7 Å². The maximum Gasteiger partial charge on any atom is 0.227 e. The summed E-state index contributed by atoms with van der Waals surface area (Å²) in [6.45, 7) is 8.58. The molecule has 7 nitrogen and oxygen atoms in total. The zero-order valence-corrected chi connectivity index (χ0v) is 21.3. The zero-order chi connectivity index (χ0) is 25.3. The molecular weight excluding hydrogens is 454 g/mol. The SMILES string of the molecule is C=CCOC[C@H](O)CN(Cc1c(CC)nn(-c2ccccc2)c1Oc1cccc(OC)c1)CC1CC1. The van der Waals surface area contributed by atoms with E-state index < -0.39 is 6.10 Å². The molecule has 0 amide bonds. The number of hydrogen-bond acceptors (Lipinski definition) is 6. The molecule has 7 heteroatoms. The third-order valence-corrected chi connectivity index (χ3v) is 6.22. The van der Waals surface area contributed by atoms with Gasteiger partial charge in [0.1, 0.15) is 11.5 Å². The van der Waals surface area contributed by atoms with Gasteiger partial charge in [-0.25, -0.2) is 4.68 Å². The summed E-state index contributed by atoms with van der Waals surface area (Å²) >= 11 is 0. The second kappa shape index (κ2) is 12.7. The van der Waals surface area contributed by atoms with Gasteiger partial charge in [-0.2, -0.15) is 5.10 Å². The number of rotatable bonds is 15. The van der Waals surface area contributed by atoms with Gasteiger partial charge < -0.3 is 19.3 Å². The van der Waals surface area contributed by atoms with Crippen molar-refractivity contribution in [1.82, 2.24) is 14.7 Å². The molecule has 0 unspecified atom stereocenters. The molecule has 36 heavy (non-hydrogen) atoms. The molecule has 1 aliphatic rings. The standard InChI is InChI=1S/C29H37N3O4/c1-4-16-35-21-24(33)19-31(18-22-14-15-22)20-27-28(5-2)30-32(23-10-7-6-8-11-23)29(27)36-26-13-9-12-25(17-26)34-3/h4,6-13,17,22,24,33H,1,5,14-16,18-21H2,2-3H3/t24-/m1/s1. The number of benzene rings is 2. The van der Waals surface area contributed by atoms with Crippen molar-refractivity contribution in [3.05, 3.63) is 78.5 Å². The molecule has 1 aliphatic carbocycles.